The first-order chi connectivity index (χ1) is 9.86. The fraction of sp³-hybridized carbons (Fsp3) is 0.444. The molecule has 0 N–H and O–H groups in total. The standard InChI is InChI=1S/2C9H14N/c2*1-2-3-7-10-8-5-4-6-9-10/h2*4-6,8-9H,2-3,7H2,1H3/q2*+1. The molecular weight excluding hydrogens is 244 g/mol. The summed E-state index contributed by atoms with van der Waals surface area (Å²) >= 11 is 0. The maximum atomic E-state index is 2.21. The van der Waals surface area contributed by atoms with E-state index < -0.39 is 0 Å². The normalized spacial score (nSPS) is 9.70. The average molecular weight is 272 g/mol. The molecule has 0 radical (unpaired) electrons. The van der Waals surface area contributed by atoms with Crippen LogP contribution < -0.4 is 9.13 Å². The molecule has 0 aliphatic heterocycles. The zero-order valence-electron chi connectivity index (χ0n) is 12.9. The highest BCUT2D eigenvalue weighted by molar-refractivity contribution is 4.84. The first-order valence-electron chi connectivity index (χ1n) is 7.75. The third-order valence-corrected chi connectivity index (χ3v) is 3.09. The lowest BCUT2D eigenvalue weighted by atomic mass is 10.3. The van der Waals surface area contributed by atoms with Crippen LogP contribution in [0.1, 0.15) is 39.5 Å². The number of rotatable bonds is 6. The van der Waals surface area contributed by atoms with E-state index in [2.05, 4.69) is 72.0 Å². The zero-order valence-corrected chi connectivity index (χ0v) is 12.9. The summed E-state index contributed by atoms with van der Waals surface area (Å²) in [7, 11) is 0. The van der Waals surface area contributed by atoms with Gasteiger partial charge in [0.1, 0.15) is 13.1 Å². The maximum absolute atomic E-state index is 2.21. The molecule has 0 atom stereocenters. The van der Waals surface area contributed by atoms with E-state index in [4.69, 9.17) is 0 Å². The number of aromatic nitrogens is 2. The molecule has 0 aliphatic carbocycles. The molecule has 0 unspecified atom stereocenters. The second-order valence-electron chi connectivity index (χ2n) is 4.93. The van der Waals surface area contributed by atoms with Gasteiger partial charge >= 0.3 is 0 Å². The Labute approximate surface area is 123 Å². The van der Waals surface area contributed by atoms with Crippen LogP contribution in [0.4, 0.5) is 0 Å². The molecule has 0 saturated heterocycles. The van der Waals surface area contributed by atoms with Gasteiger partial charge in [-0.05, 0) is 0 Å². The summed E-state index contributed by atoms with van der Waals surface area (Å²) in [6.45, 7) is 6.72. The lowest BCUT2D eigenvalue weighted by molar-refractivity contribution is -0.697. The molecule has 2 rings (SSSR count). The third kappa shape index (κ3) is 7.67. The highest BCUT2D eigenvalue weighted by Crippen LogP contribution is 1.86. The van der Waals surface area contributed by atoms with Crippen LogP contribution in [0.25, 0.3) is 0 Å². The zero-order chi connectivity index (χ0) is 14.5. The SMILES string of the molecule is CCCC[n+]1ccccc1.CCCC[n+]1ccccc1. The summed E-state index contributed by atoms with van der Waals surface area (Å²) in [5, 5.41) is 0. The van der Waals surface area contributed by atoms with Crippen molar-refractivity contribution in [2.45, 2.75) is 52.6 Å². The quantitative estimate of drug-likeness (QED) is 0.711. The van der Waals surface area contributed by atoms with Gasteiger partial charge in [0.2, 0.25) is 0 Å². The van der Waals surface area contributed by atoms with Crippen LogP contribution in [-0.4, -0.2) is 0 Å². The Morgan fingerprint density at radius 2 is 0.900 bits per heavy atom. The molecule has 0 aliphatic rings. The van der Waals surface area contributed by atoms with E-state index in [9.17, 15) is 0 Å². The van der Waals surface area contributed by atoms with Crippen molar-refractivity contribution in [1.29, 1.82) is 0 Å². The van der Waals surface area contributed by atoms with Crippen LogP contribution in [0.3, 0.4) is 0 Å². The van der Waals surface area contributed by atoms with Crippen molar-refractivity contribution in [2.75, 3.05) is 0 Å². The van der Waals surface area contributed by atoms with Crippen molar-refractivity contribution in [3.8, 4) is 0 Å². The molecule has 0 amide bonds. The molecule has 0 fully saturated rings. The number of nitrogens with zero attached hydrogens (tertiary/aromatic N) is 2. The van der Waals surface area contributed by atoms with Crippen molar-refractivity contribution in [3.05, 3.63) is 61.2 Å². The summed E-state index contributed by atoms with van der Waals surface area (Å²) in [4.78, 5) is 0. The van der Waals surface area contributed by atoms with Gasteiger partial charge < -0.3 is 0 Å². The van der Waals surface area contributed by atoms with E-state index in [1.54, 1.807) is 0 Å². The van der Waals surface area contributed by atoms with E-state index in [1.807, 2.05) is 12.1 Å². The van der Waals surface area contributed by atoms with Gasteiger partial charge in [-0.3, -0.25) is 0 Å². The van der Waals surface area contributed by atoms with Gasteiger partial charge in [-0.1, -0.05) is 38.8 Å². The van der Waals surface area contributed by atoms with Gasteiger partial charge in [-0.2, -0.15) is 0 Å². The van der Waals surface area contributed by atoms with Crippen molar-refractivity contribution in [3.63, 3.8) is 0 Å². The van der Waals surface area contributed by atoms with Gasteiger partial charge in [0.25, 0.3) is 0 Å². The molecule has 2 aromatic rings. The van der Waals surface area contributed by atoms with Crippen LogP contribution in [0.2, 0.25) is 0 Å². The van der Waals surface area contributed by atoms with Crippen LogP contribution in [-0.2, 0) is 13.1 Å². The van der Waals surface area contributed by atoms with E-state index in [0.717, 1.165) is 13.1 Å². The Balaban J connectivity index is 0.000000200. The Bertz CT molecular complexity index is 382. The largest absolute Gasteiger partial charge is 0.205 e. The topological polar surface area (TPSA) is 7.76 Å². The van der Waals surface area contributed by atoms with Gasteiger partial charge in [0.05, 0.1) is 0 Å². The lowest BCUT2D eigenvalue weighted by Gasteiger charge is -1.91. The van der Waals surface area contributed by atoms with E-state index >= 15 is 0 Å². The highest BCUT2D eigenvalue weighted by Gasteiger charge is 1.94. The molecular formula is C18H28N2+2. The van der Waals surface area contributed by atoms with Crippen molar-refractivity contribution >= 4 is 0 Å². The second-order valence-corrected chi connectivity index (χ2v) is 4.93. The van der Waals surface area contributed by atoms with Crippen LogP contribution >= 0.6 is 0 Å². The van der Waals surface area contributed by atoms with Crippen LogP contribution in [0, 0.1) is 0 Å². The van der Waals surface area contributed by atoms with Crippen LogP contribution in [0.15, 0.2) is 61.2 Å². The number of pyridine rings is 2. The van der Waals surface area contributed by atoms with E-state index in [0.29, 0.717) is 0 Å². The Morgan fingerprint density at radius 3 is 1.20 bits per heavy atom. The molecule has 0 saturated carbocycles. The Morgan fingerprint density at radius 1 is 0.550 bits per heavy atom. The Kier molecular flexibility index (Phi) is 9.12. The first kappa shape index (κ1) is 16.4. The van der Waals surface area contributed by atoms with Gasteiger partial charge in [-0.15, -0.1) is 0 Å². The summed E-state index contributed by atoms with van der Waals surface area (Å²) in [5.74, 6) is 0. The van der Waals surface area contributed by atoms with Crippen molar-refractivity contribution < 1.29 is 9.13 Å². The van der Waals surface area contributed by atoms with Crippen molar-refractivity contribution in [1.82, 2.24) is 0 Å². The molecule has 0 aromatic carbocycles. The van der Waals surface area contributed by atoms with Crippen molar-refractivity contribution in [2.24, 2.45) is 0 Å². The van der Waals surface area contributed by atoms with Gasteiger partial charge in [0, 0.05) is 37.1 Å². The fourth-order valence-electron chi connectivity index (χ4n) is 1.85. The minimum Gasteiger partial charge on any atom is -0.205 e. The monoisotopic (exact) mass is 272 g/mol. The summed E-state index contributed by atoms with van der Waals surface area (Å²) in [5.41, 5.74) is 0. The smallest absolute Gasteiger partial charge is 0.168 e. The average Bonchev–Trinajstić information content (AvgIpc) is 2.53. The molecule has 20 heavy (non-hydrogen) atoms. The summed E-state index contributed by atoms with van der Waals surface area (Å²) in [6.07, 6.45) is 13.5. The predicted molar refractivity (Wildman–Crippen MR) is 83.1 cm³/mol. The first-order valence-corrected chi connectivity index (χ1v) is 7.75. The number of aryl methyl sites for hydroxylation is 2. The summed E-state index contributed by atoms with van der Waals surface area (Å²) in [6, 6.07) is 12.3. The molecule has 2 aromatic heterocycles. The molecule has 2 heteroatoms. The lowest BCUT2D eigenvalue weighted by Crippen LogP contribution is -2.31. The maximum Gasteiger partial charge on any atom is 0.168 e. The minimum atomic E-state index is 1.15. The van der Waals surface area contributed by atoms with Crippen LogP contribution in [0.5, 0.6) is 0 Å². The minimum absolute atomic E-state index is 1.15. The summed E-state index contributed by atoms with van der Waals surface area (Å²) < 4.78 is 4.42. The number of unbranched alkanes of at least 4 members (excludes halogenated alkanes) is 2. The van der Waals surface area contributed by atoms with E-state index in [-0.39, 0.29) is 0 Å². The second kappa shape index (κ2) is 11.2. The predicted octanol–water partition coefficient (Wildman–Crippen LogP) is 3.55. The number of hydrogen-bond acceptors (Lipinski definition) is 0. The third-order valence-electron chi connectivity index (χ3n) is 3.09. The number of hydrogen-bond donors (Lipinski definition) is 0. The molecule has 0 bridgehead atoms. The van der Waals surface area contributed by atoms with E-state index in [1.165, 1.54) is 25.7 Å². The molecule has 2 heterocycles. The van der Waals surface area contributed by atoms with Gasteiger partial charge in [-0.25, -0.2) is 9.13 Å². The molecule has 0 spiro atoms. The van der Waals surface area contributed by atoms with Gasteiger partial charge in [0.15, 0.2) is 24.8 Å². The highest BCUT2D eigenvalue weighted by atomic mass is 14.9. The Hall–Kier alpha value is -1.70. The molecule has 2 nitrogen and oxygen atoms in total. The molecule has 108 valence electrons. The fourth-order valence-corrected chi connectivity index (χ4v) is 1.85.